The van der Waals surface area contributed by atoms with Gasteiger partial charge in [0.15, 0.2) is 0 Å². The molecule has 2 rings (SSSR count). The molecule has 1 unspecified atom stereocenters. The van der Waals surface area contributed by atoms with Gasteiger partial charge in [-0.3, -0.25) is 0 Å². The van der Waals surface area contributed by atoms with Crippen LogP contribution in [0.1, 0.15) is 42.5 Å². The van der Waals surface area contributed by atoms with E-state index >= 15 is 0 Å². The highest BCUT2D eigenvalue weighted by molar-refractivity contribution is 5.22. The van der Waals surface area contributed by atoms with Crippen LogP contribution in [0.15, 0.2) is 47.3 Å². The zero-order valence-corrected chi connectivity index (χ0v) is 11.9. The van der Waals surface area contributed by atoms with Crippen molar-refractivity contribution in [2.45, 2.75) is 39.2 Å². The third kappa shape index (κ3) is 4.25. The van der Waals surface area contributed by atoms with Gasteiger partial charge in [0.2, 0.25) is 0 Å². The molecular formula is C17H23NO. The molecule has 0 aliphatic rings. The maximum absolute atomic E-state index is 5.20. The molecule has 2 nitrogen and oxygen atoms in total. The minimum atomic E-state index is 0.389. The molecule has 0 bridgehead atoms. The molecule has 0 saturated heterocycles. The van der Waals surface area contributed by atoms with Crippen LogP contribution in [0, 0.1) is 6.92 Å². The smallest absolute Gasteiger partial charge is 0.0950 e. The fourth-order valence-electron chi connectivity index (χ4n) is 2.24. The number of nitrogens with one attached hydrogen (secondary N) is 1. The molecule has 0 saturated carbocycles. The van der Waals surface area contributed by atoms with Gasteiger partial charge in [0.05, 0.1) is 12.5 Å². The first-order valence-electron chi connectivity index (χ1n) is 7.10. The van der Waals surface area contributed by atoms with Crippen molar-refractivity contribution in [3.63, 3.8) is 0 Å². The zero-order valence-electron chi connectivity index (χ0n) is 11.9. The Labute approximate surface area is 115 Å². The van der Waals surface area contributed by atoms with Crippen molar-refractivity contribution in [1.29, 1.82) is 0 Å². The Kier molecular flexibility index (Phi) is 5.22. The van der Waals surface area contributed by atoms with E-state index in [0.717, 1.165) is 25.8 Å². The molecule has 0 spiro atoms. The molecule has 1 N–H and O–H groups in total. The van der Waals surface area contributed by atoms with Gasteiger partial charge in [-0.15, -0.1) is 0 Å². The van der Waals surface area contributed by atoms with Gasteiger partial charge in [-0.05, 0) is 44.4 Å². The molecule has 2 aromatic rings. The van der Waals surface area contributed by atoms with Crippen LogP contribution in [0.3, 0.4) is 0 Å². The normalized spacial score (nSPS) is 12.5. The lowest BCUT2D eigenvalue weighted by Gasteiger charge is -2.17. The van der Waals surface area contributed by atoms with E-state index in [1.54, 1.807) is 6.26 Å². The molecule has 102 valence electrons. The Bertz CT molecular complexity index is 459. The predicted octanol–water partition coefficient (Wildman–Crippen LogP) is 4.26. The van der Waals surface area contributed by atoms with E-state index in [-0.39, 0.29) is 0 Å². The summed E-state index contributed by atoms with van der Waals surface area (Å²) in [6.07, 6.45) is 6.94. The van der Waals surface area contributed by atoms with Gasteiger partial charge in [0.25, 0.3) is 0 Å². The summed E-state index contributed by atoms with van der Waals surface area (Å²) in [5.74, 6) is 0. The van der Waals surface area contributed by atoms with E-state index in [2.05, 4.69) is 49.5 Å². The summed E-state index contributed by atoms with van der Waals surface area (Å²) < 4.78 is 5.20. The Balaban J connectivity index is 1.94. The average molecular weight is 257 g/mol. The van der Waals surface area contributed by atoms with Gasteiger partial charge in [0, 0.05) is 11.6 Å². The topological polar surface area (TPSA) is 25.2 Å². The molecule has 1 atom stereocenters. The van der Waals surface area contributed by atoms with E-state index in [1.165, 1.54) is 16.7 Å². The molecule has 1 aromatic heterocycles. The number of rotatable bonds is 7. The van der Waals surface area contributed by atoms with Crippen molar-refractivity contribution in [3.05, 3.63) is 59.5 Å². The monoisotopic (exact) mass is 257 g/mol. The quantitative estimate of drug-likeness (QED) is 0.801. The van der Waals surface area contributed by atoms with E-state index < -0.39 is 0 Å². The van der Waals surface area contributed by atoms with E-state index in [4.69, 9.17) is 4.42 Å². The molecule has 0 fully saturated rings. The van der Waals surface area contributed by atoms with E-state index in [0.29, 0.717) is 6.04 Å². The number of furan rings is 1. The Morgan fingerprint density at radius 2 is 1.95 bits per heavy atom. The second kappa shape index (κ2) is 7.15. The molecular weight excluding hydrogens is 234 g/mol. The maximum atomic E-state index is 5.20. The fourth-order valence-corrected chi connectivity index (χ4v) is 2.24. The first-order chi connectivity index (χ1) is 9.29. The standard InChI is InChI=1S/C17H23NO/c1-3-11-18-17(16-10-12-19-13-16)9-8-15-6-4-14(2)5-7-15/h4-7,10,12-13,17-18H,3,8-9,11H2,1-2H3. The molecule has 1 aromatic carbocycles. The highest BCUT2D eigenvalue weighted by atomic mass is 16.3. The fraction of sp³-hybridized carbons (Fsp3) is 0.412. The van der Waals surface area contributed by atoms with Crippen LogP contribution in [0.5, 0.6) is 0 Å². The molecule has 19 heavy (non-hydrogen) atoms. The zero-order chi connectivity index (χ0) is 13.5. The van der Waals surface area contributed by atoms with Crippen molar-refractivity contribution >= 4 is 0 Å². The number of benzene rings is 1. The highest BCUT2D eigenvalue weighted by Crippen LogP contribution is 2.20. The van der Waals surface area contributed by atoms with Crippen molar-refractivity contribution in [2.24, 2.45) is 0 Å². The van der Waals surface area contributed by atoms with Gasteiger partial charge in [-0.1, -0.05) is 36.8 Å². The molecule has 0 aliphatic carbocycles. The van der Waals surface area contributed by atoms with Gasteiger partial charge in [0.1, 0.15) is 0 Å². The number of hydrogen-bond donors (Lipinski definition) is 1. The highest BCUT2D eigenvalue weighted by Gasteiger charge is 2.11. The van der Waals surface area contributed by atoms with E-state index in [1.807, 2.05) is 6.26 Å². The van der Waals surface area contributed by atoms with Gasteiger partial charge in [-0.2, -0.15) is 0 Å². The molecule has 0 amide bonds. The Hall–Kier alpha value is -1.54. The second-order valence-corrected chi connectivity index (χ2v) is 5.09. The minimum absolute atomic E-state index is 0.389. The van der Waals surface area contributed by atoms with Gasteiger partial charge in [-0.25, -0.2) is 0 Å². The summed E-state index contributed by atoms with van der Waals surface area (Å²) in [7, 11) is 0. The molecule has 0 radical (unpaired) electrons. The van der Waals surface area contributed by atoms with Crippen LogP contribution < -0.4 is 5.32 Å². The van der Waals surface area contributed by atoms with Crippen molar-refractivity contribution in [1.82, 2.24) is 5.32 Å². The number of aryl methyl sites for hydroxylation is 2. The summed E-state index contributed by atoms with van der Waals surface area (Å²) in [4.78, 5) is 0. The summed E-state index contributed by atoms with van der Waals surface area (Å²) in [5, 5.41) is 3.59. The van der Waals surface area contributed by atoms with Crippen LogP contribution in [0.4, 0.5) is 0 Å². The third-order valence-corrected chi connectivity index (χ3v) is 3.43. The average Bonchev–Trinajstić information content (AvgIpc) is 2.95. The predicted molar refractivity (Wildman–Crippen MR) is 79.2 cm³/mol. The largest absolute Gasteiger partial charge is 0.472 e. The number of hydrogen-bond acceptors (Lipinski definition) is 2. The van der Waals surface area contributed by atoms with Crippen LogP contribution in [-0.2, 0) is 6.42 Å². The lowest BCUT2D eigenvalue weighted by molar-refractivity contribution is 0.488. The Morgan fingerprint density at radius 3 is 2.58 bits per heavy atom. The van der Waals surface area contributed by atoms with Crippen LogP contribution in [0.2, 0.25) is 0 Å². The summed E-state index contributed by atoms with van der Waals surface area (Å²) in [5.41, 5.74) is 3.97. The second-order valence-electron chi connectivity index (χ2n) is 5.09. The molecule has 0 aliphatic heterocycles. The van der Waals surface area contributed by atoms with Gasteiger partial charge >= 0.3 is 0 Å². The third-order valence-electron chi connectivity index (χ3n) is 3.43. The van der Waals surface area contributed by atoms with E-state index in [9.17, 15) is 0 Å². The SMILES string of the molecule is CCCNC(CCc1ccc(C)cc1)c1ccoc1. The maximum Gasteiger partial charge on any atom is 0.0950 e. The van der Waals surface area contributed by atoms with Crippen LogP contribution >= 0.6 is 0 Å². The molecule has 2 heteroatoms. The lowest BCUT2D eigenvalue weighted by atomic mass is 10.0. The first kappa shape index (κ1) is 13.9. The Morgan fingerprint density at radius 1 is 1.16 bits per heavy atom. The van der Waals surface area contributed by atoms with Gasteiger partial charge < -0.3 is 9.73 Å². The lowest BCUT2D eigenvalue weighted by Crippen LogP contribution is -2.22. The van der Waals surface area contributed by atoms with Crippen molar-refractivity contribution < 1.29 is 4.42 Å². The van der Waals surface area contributed by atoms with Crippen molar-refractivity contribution in [3.8, 4) is 0 Å². The summed E-state index contributed by atoms with van der Waals surface area (Å²) >= 11 is 0. The summed E-state index contributed by atoms with van der Waals surface area (Å²) in [6, 6.07) is 11.3. The van der Waals surface area contributed by atoms with Crippen LogP contribution in [0.25, 0.3) is 0 Å². The molecule has 1 heterocycles. The first-order valence-corrected chi connectivity index (χ1v) is 7.10. The van der Waals surface area contributed by atoms with Crippen molar-refractivity contribution in [2.75, 3.05) is 6.54 Å². The summed E-state index contributed by atoms with van der Waals surface area (Å²) in [6.45, 7) is 5.37. The minimum Gasteiger partial charge on any atom is -0.472 e. The van der Waals surface area contributed by atoms with Crippen LogP contribution in [-0.4, -0.2) is 6.54 Å².